The second-order valence-corrected chi connectivity index (χ2v) is 11.5. The van der Waals surface area contributed by atoms with E-state index in [1.165, 1.54) is 36.3 Å². The largest absolute Gasteiger partial charge is 0.493 e. The van der Waals surface area contributed by atoms with Crippen LogP contribution in [0.3, 0.4) is 0 Å². The van der Waals surface area contributed by atoms with Gasteiger partial charge in [-0.3, -0.25) is 19.4 Å². The zero-order valence-corrected chi connectivity index (χ0v) is 27.5. The number of halogens is 4. The number of ether oxygens (including phenoxy) is 2. The van der Waals surface area contributed by atoms with Crippen LogP contribution < -0.4 is 14.8 Å². The van der Waals surface area contributed by atoms with Crippen LogP contribution >= 0.6 is 11.6 Å². The Morgan fingerprint density at radius 2 is 1.65 bits per heavy atom. The van der Waals surface area contributed by atoms with E-state index in [0.717, 1.165) is 18.2 Å². The first-order valence-corrected chi connectivity index (χ1v) is 15.1. The van der Waals surface area contributed by atoms with Gasteiger partial charge in [0.25, 0.3) is 11.8 Å². The van der Waals surface area contributed by atoms with Gasteiger partial charge >= 0.3 is 18.1 Å². The number of anilines is 1. The van der Waals surface area contributed by atoms with Crippen LogP contribution in [0.25, 0.3) is 11.3 Å². The van der Waals surface area contributed by atoms with E-state index in [0.29, 0.717) is 29.7 Å². The highest BCUT2D eigenvalue weighted by molar-refractivity contribution is 6.32. The summed E-state index contributed by atoms with van der Waals surface area (Å²) in [7, 11) is 4.38. The van der Waals surface area contributed by atoms with Gasteiger partial charge in [-0.15, -0.1) is 0 Å². The molecule has 1 aromatic heterocycles. The summed E-state index contributed by atoms with van der Waals surface area (Å²) in [4.78, 5) is 56.3. The van der Waals surface area contributed by atoms with E-state index in [-0.39, 0.29) is 51.0 Å². The van der Waals surface area contributed by atoms with Crippen LogP contribution in [0.5, 0.6) is 11.5 Å². The van der Waals surface area contributed by atoms with Crippen molar-refractivity contribution in [3.05, 3.63) is 105 Å². The SMILES string of the molecule is COc1cc(C(=O)O)cc(Cl)c1OC(=O)CCCc1ccc(NC(=O)c2ccc(C)nc2-c2ccc(C(F)(F)F)cc2)c(C(=O)N(C)C)c1. The average Bonchev–Trinajstić information content (AvgIpc) is 3.05. The fourth-order valence-corrected chi connectivity index (χ4v) is 5.03. The molecule has 49 heavy (non-hydrogen) atoms. The van der Waals surface area contributed by atoms with E-state index in [1.807, 2.05) is 0 Å². The molecule has 4 rings (SSSR count). The summed E-state index contributed by atoms with van der Waals surface area (Å²) in [6, 6.07) is 14.6. The molecule has 0 fully saturated rings. The molecule has 0 saturated carbocycles. The molecule has 0 aliphatic heterocycles. The molecule has 0 atom stereocenters. The molecule has 256 valence electrons. The Balaban J connectivity index is 1.51. The number of methoxy groups -OCH3 is 1. The maximum absolute atomic E-state index is 13.5. The minimum absolute atomic E-state index is 0.0179. The lowest BCUT2D eigenvalue weighted by Gasteiger charge is -2.17. The maximum Gasteiger partial charge on any atom is 0.416 e. The minimum Gasteiger partial charge on any atom is -0.493 e. The molecular formula is C35H31ClF3N3O7. The number of carboxylic acid groups (broad SMARTS) is 1. The molecule has 0 saturated heterocycles. The number of aromatic carboxylic acids is 1. The fraction of sp³-hybridized carbons (Fsp3) is 0.229. The Morgan fingerprint density at radius 3 is 2.27 bits per heavy atom. The molecule has 0 unspecified atom stereocenters. The molecule has 2 amide bonds. The first kappa shape index (κ1) is 36.4. The number of nitrogens with one attached hydrogen (secondary N) is 1. The van der Waals surface area contributed by atoms with Crippen molar-refractivity contribution in [1.29, 1.82) is 0 Å². The number of pyridine rings is 1. The monoisotopic (exact) mass is 697 g/mol. The molecule has 0 aliphatic carbocycles. The molecule has 0 spiro atoms. The van der Waals surface area contributed by atoms with Crippen LogP contribution in [0.1, 0.15) is 60.7 Å². The second-order valence-electron chi connectivity index (χ2n) is 11.1. The molecule has 0 radical (unpaired) electrons. The van der Waals surface area contributed by atoms with E-state index in [2.05, 4.69) is 10.3 Å². The molecule has 14 heteroatoms. The highest BCUT2D eigenvalue weighted by Gasteiger charge is 2.30. The van der Waals surface area contributed by atoms with Crippen molar-refractivity contribution in [2.24, 2.45) is 0 Å². The standard InChI is InChI=1S/C35H31ClF3N3O7/c1-19-8-14-24(30(40-19)21-10-12-23(13-11-21)35(37,38)39)32(44)41-27-15-9-20(16-25(27)33(45)42(2)3)6-5-7-29(43)49-31-26(36)17-22(34(46)47)18-28(31)48-4/h8-18H,5-7H2,1-4H3,(H,41,44)(H,46,47). The fourth-order valence-electron chi connectivity index (χ4n) is 4.78. The number of alkyl halides is 3. The topological polar surface area (TPSA) is 135 Å². The summed E-state index contributed by atoms with van der Waals surface area (Å²) in [5, 5.41) is 11.8. The lowest BCUT2D eigenvalue weighted by Crippen LogP contribution is -2.24. The molecule has 0 bridgehead atoms. The number of carbonyl (C=O) groups is 4. The maximum atomic E-state index is 13.5. The van der Waals surface area contributed by atoms with Crippen LogP contribution in [0.4, 0.5) is 18.9 Å². The third kappa shape index (κ3) is 8.93. The summed E-state index contributed by atoms with van der Waals surface area (Å²) in [6.45, 7) is 1.69. The first-order chi connectivity index (χ1) is 23.1. The molecule has 2 N–H and O–H groups in total. The number of benzene rings is 3. The van der Waals surface area contributed by atoms with E-state index >= 15 is 0 Å². The molecule has 3 aromatic carbocycles. The number of nitrogens with zero attached hydrogens (tertiary/aromatic N) is 2. The number of carbonyl (C=O) groups excluding carboxylic acids is 3. The Kier molecular flexibility index (Phi) is 11.3. The van der Waals surface area contributed by atoms with E-state index in [1.54, 1.807) is 45.3 Å². The predicted octanol–water partition coefficient (Wildman–Crippen LogP) is 7.32. The average molecular weight is 698 g/mol. The Labute approximate surface area is 284 Å². The molecular weight excluding hydrogens is 667 g/mol. The second kappa shape index (κ2) is 15.2. The lowest BCUT2D eigenvalue weighted by molar-refractivity contribution is -0.137. The van der Waals surface area contributed by atoms with Crippen LogP contribution in [0.15, 0.2) is 66.7 Å². The van der Waals surface area contributed by atoms with Gasteiger partial charge in [-0.05, 0) is 73.9 Å². The van der Waals surface area contributed by atoms with Gasteiger partial charge < -0.3 is 24.8 Å². The summed E-state index contributed by atoms with van der Waals surface area (Å²) in [5.74, 6) is -3.04. The van der Waals surface area contributed by atoms with Gasteiger partial charge in [0.15, 0.2) is 11.5 Å². The van der Waals surface area contributed by atoms with Gasteiger partial charge in [0.05, 0.1) is 45.8 Å². The molecule has 0 aliphatic rings. The van der Waals surface area contributed by atoms with Crippen molar-refractivity contribution < 1.29 is 46.9 Å². The molecule has 1 heterocycles. The van der Waals surface area contributed by atoms with Crippen molar-refractivity contribution >= 4 is 41.0 Å². The van der Waals surface area contributed by atoms with Crippen LogP contribution in [0.2, 0.25) is 5.02 Å². The van der Waals surface area contributed by atoms with Crippen LogP contribution in [-0.4, -0.2) is 59.9 Å². The third-order valence-electron chi connectivity index (χ3n) is 7.27. The van der Waals surface area contributed by atoms with Crippen molar-refractivity contribution in [2.45, 2.75) is 32.4 Å². The Bertz CT molecular complexity index is 1910. The minimum atomic E-state index is -4.52. The van der Waals surface area contributed by atoms with Gasteiger partial charge in [-0.25, -0.2) is 4.79 Å². The lowest BCUT2D eigenvalue weighted by atomic mass is 10.0. The number of amides is 2. The number of rotatable bonds is 11. The van der Waals surface area contributed by atoms with Gasteiger partial charge in [0.1, 0.15) is 0 Å². The van der Waals surface area contributed by atoms with Crippen molar-refractivity contribution in [3.63, 3.8) is 0 Å². The van der Waals surface area contributed by atoms with Crippen molar-refractivity contribution in [2.75, 3.05) is 26.5 Å². The highest BCUT2D eigenvalue weighted by atomic mass is 35.5. The Morgan fingerprint density at radius 1 is 0.959 bits per heavy atom. The number of aryl methyl sites for hydroxylation is 2. The number of hydrogen-bond acceptors (Lipinski definition) is 7. The first-order valence-electron chi connectivity index (χ1n) is 14.7. The Hall–Kier alpha value is -5.43. The van der Waals surface area contributed by atoms with Crippen LogP contribution in [0, 0.1) is 6.92 Å². The summed E-state index contributed by atoms with van der Waals surface area (Å²) in [5.41, 5.74) is 1.18. The summed E-state index contributed by atoms with van der Waals surface area (Å²) < 4.78 is 49.9. The predicted molar refractivity (Wildman–Crippen MR) is 175 cm³/mol. The van der Waals surface area contributed by atoms with E-state index in [9.17, 15) is 37.5 Å². The van der Waals surface area contributed by atoms with E-state index < -0.39 is 35.5 Å². The van der Waals surface area contributed by atoms with Gasteiger partial charge in [-0.2, -0.15) is 13.2 Å². The molecule has 4 aromatic rings. The summed E-state index contributed by atoms with van der Waals surface area (Å²) >= 11 is 6.13. The number of carboxylic acids is 1. The third-order valence-corrected chi connectivity index (χ3v) is 7.55. The van der Waals surface area contributed by atoms with Gasteiger partial charge in [0, 0.05) is 31.8 Å². The summed E-state index contributed by atoms with van der Waals surface area (Å²) in [6.07, 6.45) is -3.93. The number of aromatic nitrogens is 1. The number of hydrogen-bond donors (Lipinski definition) is 2. The zero-order chi connectivity index (χ0) is 36.0. The smallest absolute Gasteiger partial charge is 0.416 e. The van der Waals surface area contributed by atoms with Gasteiger partial charge in [-0.1, -0.05) is 29.8 Å². The highest BCUT2D eigenvalue weighted by Crippen LogP contribution is 2.37. The van der Waals surface area contributed by atoms with Crippen molar-refractivity contribution in [3.8, 4) is 22.8 Å². The van der Waals surface area contributed by atoms with Gasteiger partial charge in [0.2, 0.25) is 0 Å². The van der Waals surface area contributed by atoms with E-state index in [4.69, 9.17) is 21.1 Å². The quantitative estimate of drug-likeness (QED) is 0.123. The normalized spacial score (nSPS) is 11.1. The number of esters is 1. The zero-order valence-electron chi connectivity index (χ0n) is 26.8. The molecule has 10 nitrogen and oxygen atoms in total. The van der Waals surface area contributed by atoms with Crippen molar-refractivity contribution in [1.82, 2.24) is 9.88 Å². The van der Waals surface area contributed by atoms with Crippen LogP contribution in [-0.2, 0) is 17.4 Å².